The first kappa shape index (κ1) is 15.9. The van der Waals surface area contributed by atoms with E-state index >= 15 is 0 Å². The van der Waals surface area contributed by atoms with Crippen LogP contribution in [0.15, 0.2) is 29.3 Å². The molecule has 0 saturated carbocycles. The fourth-order valence-corrected chi connectivity index (χ4v) is 5.82. The minimum Gasteiger partial charge on any atom is -0.346 e. The maximum absolute atomic E-state index is 11.7. The van der Waals surface area contributed by atoms with E-state index in [0.29, 0.717) is 11.7 Å². The number of para-hydroxylation sites is 1. The highest BCUT2D eigenvalue weighted by atomic mass is 32.2. The molecule has 1 aromatic rings. The van der Waals surface area contributed by atoms with Gasteiger partial charge < -0.3 is 4.90 Å². The van der Waals surface area contributed by atoms with Crippen molar-refractivity contribution in [2.45, 2.75) is 32.2 Å². The molecule has 0 bridgehead atoms. The van der Waals surface area contributed by atoms with Gasteiger partial charge in [-0.15, -0.1) is 0 Å². The Balaban J connectivity index is 1.87. The van der Waals surface area contributed by atoms with Crippen LogP contribution in [0.25, 0.3) is 0 Å². The second kappa shape index (κ2) is 6.24. The highest BCUT2D eigenvalue weighted by molar-refractivity contribution is 8.14. The van der Waals surface area contributed by atoms with E-state index in [4.69, 9.17) is 4.99 Å². The van der Waals surface area contributed by atoms with Crippen molar-refractivity contribution in [3.63, 3.8) is 0 Å². The Morgan fingerprint density at radius 1 is 1.32 bits per heavy atom. The summed E-state index contributed by atoms with van der Waals surface area (Å²) >= 11 is 1.73. The zero-order valence-electron chi connectivity index (χ0n) is 13.0. The summed E-state index contributed by atoms with van der Waals surface area (Å²) in [6, 6.07) is 8.32. The molecule has 0 spiro atoms. The largest absolute Gasteiger partial charge is 0.346 e. The summed E-state index contributed by atoms with van der Waals surface area (Å²) in [5.74, 6) is 2.00. The predicted molar refractivity (Wildman–Crippen MR) is 93.8 cm³/mol. The SMILES string of the molecule is CC(C)c1ccccc1N=C1SCCN1[C@H]1CCS(=O)(=O)C1. The van der Waals surface area contributed by atoms with Gasteiger partial charge in [0.2, 0.25) is 0 Å². The van der Waals surface area contributed by atoms with E-state index in [1.807, 2.05) is 18.2 Å². The van der Waals surface area contributed by atoms with Crippen LogP contribution in [0.3, 0.4) is 0 Å². The Morgan fingerprint density at radius 2 is 2.09 bits per heavy atom. The number of hydrogen-bond acceptors (Lipinski definition) is 4. The molecule has 0 N–H and O–H groups in total. The van der Waals surface area contributed by atoms with Gasteiger partial charge in [-0.3, -0.25) is 0 Å². The monoisotopic (exact) mass is 338 g/mol. The van der Waals surface area contributed by atoms with E-state index in [2.05, 4.69) is 24.8 Å². The molecule has 6 heteroatoms. The van der Waals surface area contributed by atoms with Gasteiger partial charge in [0.25, 0.3) is 0 Å². The molecule has 2 saturated heterocycles. The third-order valence-corrected chi connectivity index (χ3v) is 6.95. The second-order valence-corrected chi connectivity index (χ2v) is 9.50. The molecule has 1 aromatic carbocycles. The zero-order valence-corrected chi connectivity index (χ0v) is 14.7. The average molecular weight is 338 g/mol. The molecule has 120 valence electrons. The van der Waals surface area contributed by atoms with Gasteiger partial charge in [0.05, 0.1) is 17.2 Å². The number of thioether (sulfide) groups is 1. The van der Waals surface area contributed by atoms with Crippen LogP contribution in [0.4, 0.5) is 5.69 Å². The van der Waals surface area contributed by atoms with Gasteiger partial charge >= 0.3 is 0 Å². The van der Waals surface area contributed by atoms with Crippen LogP contribution in [0.1, 0.15) is 31.7 Å². The summed E-state index contributed by atoms with van der Waals surface area (Å²) < 4.78 is 23.5. The van der Waals surface area contributed by atoms with Gasteiger partial charge in [-0.2, -0.15) is 0 Å². The van der Waals surface area contributed by atoms with Crippen molar-refractivity contribution in [2.75, 3.05) is 23.8 Å². The lowest BCUT2D eigenvalue weighted by Gasteiger charge is -2.24. The van der Waals surface area contributed by atoms with E-state index in [0.717, 1.165) is 29.6 Å². The standard InChI is InChI=1S/C16H22N2O2S2/c1-12(2)14-5-3-4-6-15(14)17-16-18(8-9-21-16)13-7-10-22(19,20)11-13/h3-6,12-13H,7-11H2,1-2H3/t13-/m0/s1. The van der Waals surface area contributed by atoms with Crippen LogP contribution >= 0.6 is 11.8 Å². The number of rotatable bonds is 3. The lowest BCUT2D eigenvalue weighted by molar-refractivity contribution is 0.366. The number of amidine groups is 1. The van der Waals surface area contributed by atoms with Crippen LogP contribution in [-0.4, -0.2) is 48.3 Å². The molecule has 2 heterocycles. The number of aliphatic imine (C=N–C) groups is 1. The molecular formula is C16H22N2O2S2. The minimum atomic E-state index is -2.86. The van der Waals surface area contributed by atoms with Crippen LogP contribution in [-0.2, 0) is 9.84 Å². The van der Waals surface area contributed by atoms with Crippen molar-refractivity contribution in [1.82, 2.24) is 4.90 Å². The first-order valence-corrected chi connectivity index (χ1v) is 10.5. The van der Waals surface area contributed by atoms with Crippen molar-refractivity contribution in [3.05, 3.63) is 29.8 Å². The van der Waals surface area contributed by atoms with E-state index in [9.17, 15) is 8.42 Å². The van der Waals surface area contributed by atoms with Gasteiger partial charge in [0.15, 0.2) is 15.0 Å². The first-order chi connectivity index (χ1) is 10.5. The molecule has 0 radical (unpaired) electrons. The van der Waals surface area contributed by atoms with Crippen molar-refractivity contribution in [3.8, 4) is 0 Å². The number of benzene rings is 1. The Morgan fingerprint density at radius 3 is 2.77 bits per heavy atom. The van der Waals surface area contributed by atoms with Gasteiger partial charge in [-0.25, -0.2) is 13.4 Å². The molecule has 0 unspecified atom stereocenters. The minimum absolute atomic E-state index is 0.102. The van der Waals surface area contributed by atoms with Crippen molar-refractivity contribution in [2.24, 2.45) is 4.99 Å². The van der Waals surface area contributed by atoms with Gasteiger partial charge in [0.1, 0.15) is 0 Å². The first-order valence-electron chi connectivity index (χ1n) is 7.74. The molecular weight excluding hydrogens is 316 g/mol. The zero-order chi connectivity index (χ0) is 15.7. The molecule has 2 fully saturated rings. The molecule has 4 nitrogen and oxygen atoms in total. The summed E-state index contributed by atoms with van der Waals surface area (Å²) in [7, 11) is -2.86. The molecule has 22 heavy (non-hydrogen) atoms. The van der Waals surface area contributed by atoms with E-state index in [1.54, 1.807) is 11.8 Å². The van der Waals surface area contributed by atoms with Crippen LogP contribution < -0.4 is 0 Å². The number of sulfone groups is 1. The smallest absolute Gasteiger partial charge is 0.164 e. The molecule has 2 aliphatic rings. The van der Waals surface area contributed by atoms with Gasteiger partial charge in [-0.1, -0.05) is 43.8 Å². The van der Waals surface area contributed by atoms with Gasteiger partial charge in [-0.05, 0) is 24.0 Å². The summed E-state index contributed by atoms with van der Waals surface area (Å²) in [6.07, 6.45) is 0.730. The quantitative estimate of drug-likeness (QED) is 0.850. The fourth-order valence-electron chi connectivity index (χ4n) is 3.05. The van der Waals surface area contributed by atoms with E-state index < -0.39 is 9.84 Å². The Bertz CT molecular complexity index is 683. The summed E-state index contributed by atoms with van der Waals surface area (Å²) in [4.78, 5) is 7.06. The van der Waals surface area contributed by atoms with E-state index in [1.165, 1.54) is 5.56 Å². The molecule has 0 aromatic heterocycles. The Hall–Kier alpha value is -1.01. The summed E-state index contributed by atoms with van der Waals surface area (Å²) in [5.41, 5.74) is 2.24. The van der Waals surface area contributed by atoms with E-state index in [-0.39, 0.29) is 11.8 Å². The molecule has 1 atom stereocenters. The molecule has 0 aliphatic carbocycles. The highest BCUT2D eigenvalue weighted by Crippen LogP contribution is 2.32. The van der Waals surface area contributed by atoms with Crippen LogP contribution in [0, 0.1) is 0 Å². The second-order valence-electron chi connectivity index (χ2n) is 6.21. The number of nitrogens with zero attached hydrogens (tertiary/aromatic N) is 2. The lowest BCUT2D eigenvalue weighted by atomic mass is 10.0. The number of hydrogen-bond donors (Lipinski definition) is 0. The predicted octanol–water partition coefficient (Wildman–Crippen LogP) is 3.03. The fraction of sp³-hybridized carbons (Fsp3) is 0.562. The maximum atomic E-state index is 11.7. The van der Waals surface area contributed by atoms with Crippen molar-refractivity contribution >= 4 is 32.5 Å². The average Bonchev–Trinajstić information content (AvgIpc) is 3.05. The molecule has 3 rings (SSSR count). The third kappa shape index (κ3) is 3.33. The topological polar surface area (TPSA) is 49.7 Å². The Labute approximate surface area is 136 Å². The van der Waals surface area contributed by atoms with Gasteiger partial charge in [0, 0.05) is 18.3 Å². The maximum Gasteiger partial charge on any atom is 0.164 e. The summed E-state index contributed by atoms with van der Waals surface area (Å²) in [6.45, 7) is 5.23. The molecule has 2 aliphatic heterocycles. The van der Waals surface area contributed by atoms with Crippen molar-refractivity contribution in [1.29, 1.82) is 0 Å². The lowest BCUT2D eigenvalue weighted by Crippen LogP contribution is -2.36. The summed E-state index contributed by atoms with van der Waals surface area (Å²) in [5, 5.41) is 0.982. The van der Waals surface area contributed by atoms with Crippen molar-refractivity contribution < 1.29 is 8.42 Å². The Kier molecular flexibility index (Phi) is 4.50. The van der Waals surface area contributed by atoms with Crippen LogP contribution in [0.2, 0.25) is 0 Å². The normalized spacial score (nSPS) is 26.2. The highest BCUT2D eigenvalue weighted by Gasteiger charge is 2.36. The third-order valence-electron chi connectivity index (χ3n) is 4.23. The molecule has 0 amide bonds. The van der Waals surface area contributed by atoms with Crippen LogP contribution in [0.5, 0.6) is 0 Å².